The van der Waals surface area contributed by atoms with Crippen molar-refractivity contribution >= 4 is 6.09 Å². The molecular weight excluding hydrogens is 320 g/mol. The summed E-state index contributed by atoms with van der Waals surface area (Å²) in [6, 6.07) is 2.10. The molecule has 6 nitrogen and oxygen atoms in total. The van der Waals surface area contributed by atoms with Gasteiger partial charge < -0.3 is 23.7 Å². The highest BCUT2D eigenvalue weighted by atomic mass is 16.7. The van der Waals surface area contributed by atoms with Crippen molar-refractivity contribution in [2.75, 3.05) is 19.8 Å². The van der Waals surface area contributed by atoms with E-state index < -0.39 is 5.60 Å². The van der Waals surface area contributed by atoms with E-state index in [-0.39, 0.29) is 12.4 Å². The number of carbonyl (C=O) groups is 1. The molecular formula is C19H30N2O4. The fourth-order valence-corrected chi connectivity index (χ4v) is 3.34. The van der Waals surface area contributed by atoms with Crippen molar-refractivity contribution < 1.29 is 19.0 Å². The van der Waals surface area contributed by atoms with Gasteiger partial charge in [-0.3, -0.25) is 0 Å². The quantitative estimate of drug-likeness (QED) is 0.836. The van der Waals surface area contributed by atoms with Gasteiger partial charge in [-0.1, -0.05) is 0 Å². The van der Waals surface area contributed by atoms with Gasteiger partial charge in [0.25, 0.3) is 0 Å². The molecule has 2 aliphatic rings. The van der Waals surface area contributed by atoms with Crippen LogP contribution in [-0.4, -0.2) is 47.2 Å². The van der Waals surface area contributed by atoms with Crippen LogP contribution >= 0.6 is 0 Å². The minimum absolute atomic E-state index is 0.0391. The molecule has 3 rings (SSSR count). The number of hydrogen-bond donors (Lipinski definition) is 0. The minimum atomic E-state index is -0.457. The Balaban J connectivity index is 1.51. The Morgan fingerprint density at radius 2 is 2.20 bits per heavy atom. The molecule has 25 heavy (non-hydrogen) atoms. The van der Waals surface area contributed by atoms with Crippen LogP contribution in [0.5, 0.6) is 0 Å². The SMILES string of the molecule is CC(C)(C)OC(=O)N1CCc2c(ccn2CCOC2CCCCO2)C1. The summed E-state index contributed by atoms with van der Waals surface area (Å²) >= 11 is 0. The molecule has 1 atom stereocenters. The second kappa shape index (κ2) is 7.79. The van der Waals surface area contributed by atoms with Crippen LogP contribution in [0.15, 0.2) is 12.3 Å². The molecule has 140 valence electrons. The van der Waals surface area contributed by atoms with Gasteiger partial charge in [-0.05, 0) is 51.7 Å². The fraction of sp³-hybridized carbons (Fsp3) is 0.737. The van der Waals surface area contributed by atoms with Crippen LogP contribution in [0.3, 0.4) is 0 Å². The largest absolute Gasteiger partial charge is 0.444 e. The van der Waals surface area contributed by atoms with E-state index in [0.717, 1.165) is 32.4 Å². The highest BCUT2D eigenvalue weighted by Crippen LogP contribution is 2.22. The molecule has 3 heterocycles. The monoisotopic (exact) mass is 350 g/mol. The number of aromatic nitrogens is 1. The van der Waals surface area contributed by atoms with Crippen LogP contribution in [0, 0.1) is 0 Å². The molecule has 6 heteroatoms. The molecule has 1 saturated heterocycles. The van der Waals surface area contributed by atoms with Crippen molar-refractivity contribution in [3.63, 3.8) is 0 Å². The average molecular weight is 350 g/mol. The molecule has 1 fully saturated rings. The van der Waals surface area contributed by atoms with E-state index in [1.165, 1.54) is 17.7 Å². The molecule has 1 aromatic heterocycles. The van der Waals surface area contributed by atoms with Crippen LogP contribution in [0.1, 0.15) is 51.3 Å². The standard InChI is InChI=1S/C19H30N2O4/c1-19(2,3)25-18(22)21-10-8-16-15(14-21)7-9-20(16)11-13-24-17-6-4-5-12-23-17/h7,9,17H,4-6,8,10-14H2,1-3H3. The van der Waals surface area contributed by atoms with Crippen molar-refractivity contribution in [2.45, 2.75) is 71.4 Å². The lowest BCUT2D eigenvalue weighted by Gasteiger charge is -2.30. The van der Waals surface area contributed by atoms with Crippen molar-refractivity contribution in [2.24, 2.45) is 0 Å². The first kappa shape index (κ1) is 18.3. The summed E-state index contributed by atoms with van der Waals surface area (Å²) in [7, 11) is 0. The Bertz CT molecular complexity index is 585. The number of hydrogen-bond acceptors (Lipinski definition) is 4. The van der Waals surface area contributed by atoms with Crippen molar-refractivity contribution in [3.05, 3.63) is 23.5 Å². The molecule has 0 aliphatic carbocycles. The molecule has 0 N–H and O–H groups in total. The first-order chi connectivity index (χ1) is 11.9. The van der Waals surface area contributed by atoms with Gasteiger partial charge in [0.1, 0.15) is 5.60 Å². The third-order valence-corrected chi connectivity index (χ3v) is 4.58. The zero-order chi connectivity index (χ0) is 17.9. The zero-order valence-corrected chi connectivity index (χ0v) is 15.6. The Morgan fingerprint density at radius 3 is 2.92 bits per heavy atom. The van der Waals surface area contributed by atoms with Crippen LogP contribution < -0.4 is 0 Å². The molecule has 1 amide bonds. The lowest BCUT2D eigenvalue weighted by atomic mass is 10.1. The number of nitrogens with zero attached hydrogens (tertiary/aromatic N) is 2. The maximum atomic E-state index is 12.2. The number of ether oxygens (including phenoxy) is 3. The lowest BCUT2D eigenvalue weighted by Crippen LogP contribution is -2.40. The number of carbonyl (C=O) groups excluding carboxylic acids is 1. The molecule has 0 bridgehead atoms. The average Bonchev–Trinajstić information content (AvgIpc) is 2.97. The van der Waals surface area contributed by atoms with E-state index in [9.17, 15) is 4.79 Å². The Labute approximate surface area is 150 Å². The second-order valence-electron chi connectivity index (χ2n) is 7.80. The van der Waals surface area contributed by atoms with Crippen molar-refractivity contribution in [1.82, 2.24) is 9.47 Å². The Morgan fingerprint density at radius 1 is 1.36 bits per heavy atom. The van der Waals surface area contributed by atoms with E-state index in [0.29, 0.717) is 19.7 Å². The molecule has 1 aromatic rings. The van der Waals surface area contributed by atoms with Crippen LogP contribution in [0.4, 0.5) is 4.79 Å². The van der Waals surface area contributed by atoms with E-state index >= 15 is 0 Å². The van der Waals surface area contributed by atoms with E-state index in [1.54, 1.807) is 4.90 Å². The van der Waals surface area contributed by atoms with E-state index in [2.05, 4.69) is 16.8 Å². The molecule has 0 saturated carbocycles. The van der Waals surface area contributed by atoms with Gasteiger partial charge in [0.15, 0.2) is 6.29 Å². The summed E-state index contributed by atoms with van der Waals surface area (Å²) in [5, 5.41) is 0. The summed E-state index contributed by atoms with van der Waals surface area (Å²) in [6.07, 6.45) is 5.99. The molecule has 2 aliphatic heterocycles. The normalized spacial score (nSPS) is 21.1. The summed E-state index contributed by atoms with van der Waals surface area (Å²) in [6.45, 7) is 9.28. The van der Waals surface area contributed by atoms with Crippen molar-refractivity contribution in [1.29, 1.82) is 0 Å². The van der Waals surface area contributed by atoms with E-state index in [1.807, 2.05) is 20.8 Å². The predicted molar refractivity (Wildman–Crippen MR) is 94.3 cm³/mol. The zero-order valence-electron chi connectivity index (χ0n) is 15.6. The van der Waals surface area contributed by atoms with Gasteiger partial charge in [-0.15, -0.1) is 0 Å². The number of rotatable bonds is 4. The molecule has 0 radical (unpaired) electrons. The third-order valence-electron chi connectivity index (χ3n) is 4.58. The van der Waals surface area contributed by atoms with Crippen LogP contribution in [-0.2, 0) is 33.7 Å². The molecule has 0 aromatic carbocycles. The van der Waals surface area contributed by atoms with E-state index in [4.69, 9.17) is 14.2 Å². The minimum Gasteiger partial charge on any atom is -0.444 e. The van der Waals surface area contributed by atoms with Crippen LogP contribution in [0.25, 0.3) is 0 Å². The lowest BCUT2D eigenvalue weighted by molar-refractivity contribution is -0.163. The topological polar surface area (TPSA) is 52.9 Å². The van der Waals surface area contributed by atoms with Gasteiger partial charge >= 0.3 is 6.09 Å². The van der Waals surface area contributed by atoms with Gasteiger partial charge in [-0.2, -0.15) is 0 Å². The summed E-state index contributed by atoms with van der Waals surface area (Å²) in [5.74, 6) is 0. The van der Waals surface area contributed by atoms with Gasteiger partial charge in [-0.25, -0.2) is 4.79 Å². The third kappa shape index (κ3) is 4.98. The maximum absolute atomic E-state index is 12.2. The summed E-state index contributed by atoms with van der Waals surface area (Å²) in [4.78, 5) is 14.0. The first-order valence-corrected chi connectivity index (χ1v) is 9.30. The maximum Gasteiger partial charge on any atom is 0.410 e. The fourth-order valence-electron chi connectivity index (χ4n) is 3.34. The first-order valence-electron chi connectivity index (χ1n) is 9.30. The Kier molecular flexibility index (Phi) is 5.69. The molecule has 0 spiro atoms. The Hall–Kier alpha value is -1.53. The number of amides is 1. The summed E-state index contributed by atoms with van der Waals surface area (Å²) < 4.78 is 19.2. The summed E-state index contributed by atoms with van der Waals surface area (Å²) in [5.41, 5.74) is 2.04. The second-order valence-corrected chi connectivity index (χ2v) is 7.80. The highest BCUT2D eigenvalue weighted by Gasteiger charge is 2.27. The predicted octanol–water partition coefficient (Wildman–Crippen LogP) is 3.32. The molecule has 1 unspecified atom stereocenters. The number of fused-ring (bicyclic) bond motifs is 1. The van der Waals surface area contributed by atoms with Crippen LogP contribution in [0.2, 0.25) is 0 Å². The van der Waals surface area contributed by atoms with Gasteiger partial charge in [0.05, 0.1) is 13.2 Å². The van der Waals surface area contributed by atoms with Gasteiger partial charge in [0, 0.05) is 38.0 Å². The van der Waals surface area contributed by atoms with Crippen molar-refractivity contribution in [3.8, 4) is 0 Å². The van der Waals surface area contributed by atoms with Gasteiger partial charge in [0.2, 0.25) is 0 Å². The highest BCUT2D eigenvalue weighted by molar-refractivity contribution is 5.68. The smallest absolute Gasteiger partial charge is 0.410 e.